The summed E-state index contributed by atoms with van der Waals surface area (Å²) in [5.74, 6) is 0. The van der Waals surface area contributed by atoms with Crippen molar-refractivity contribution in [3.63, 3.8) is 0 Å². The number of hydrogen-bond donors (Lipinski definition) is 1. The molecule has 0 aliphatic heterocycles. The van der Waals surface area contributed by atoms with Crippen molar-refractivity contribution in [2.45, 2.75) is 19.8 Å². The molecule has 1 aromatic carbocycles. The number of unbranched alkanes of at least 4 members (excludes halogenated alkanes) is 1. The van der Waals surface area contributed by atoms with E-state index in [1.165, 1.54) is 12.8 Å². The fraction of sp³-hybridized carbons (Fsp3) is 0.400. The first kappa shape index (κ1) is 11.1. The fourth-order valence-electron chi connectivity index (χ4n) is 1.06. The standard InChI is InChI=1S/C10H13Br2N/c1-2-3-7-13-10-8(11)5-4-6-9(10)12/h4-6,13H,2-3,7H2,1H3. The van der Waals surface area contributed by atoms with Crippen LogP contribution in [-0.2, 0) is 0 Å². The summed E-state index contributed by atoms with van der Waals surface area (Å²) in [5, 5.41) is 3.39. The third-order valence-electron chi connectivity index (χ3n) is 1.79. The normalized spacial score (nSPS) is 10.1. The topological polar surface area (TPSA) is 12.0 Å². The van der Waals surface area contributed by atoms with Crippen LogP contribution in [-0.4, -0.2) is 6.54 Å². The van der Waals surface area contributed by atoms with Crippen molar-refractivity contribution in [1.82, 2.24) is 0 Å². The maximum atomic E-state index is 3.51. The van der Waals surface area contributed by atoms with Gasteiger partial charge in [-0.1, -0.05) is 19.4 Å². The molecule has 0 radical (unpaired) electrons. The molecular formula is C10H13Br2N. The minimum absolute atomic E-state index is 1.03. The molecule has 0 fully saturated rings. The van der Waals surface area contributed by atoms with Gasteiger partial charge in [-0.3, -0.25) is 0 Å². The Balaban J connectivity index is 2.64. The van der Waals surface area contributed by atoms with E-state index in [1.807, 2.05) is 18.2 Å². The van der Waals surface area contributed by atoms with Crippen LogP contribution in [0.2, 0.25) is 0 Å². The molecule has 72 valence electrons. The van der Waals surface area contributed by atoms with Crippen LogP contribution in [0.25, 0.3) is 0 Å². The third-order valence-corrected chi connectivity index (χ3v) is 3.12. The van der Waals surface area contributed by atoms with E-state index < -0.39 is 0 Å². The first-order valence-electron chi connectivity index (χ1n) is 4.43. The first-order valence-corrected chi connectivity index (χ1v) is 6.02. The third kappa shape index (κ3) is 3.31. The van der Waals surface area contributed by atoms with E-state index >= 15 is 0 Å². The predicted octanol–water partition coefficient (Wildman–Crippen LogP) is 4.42. The van der Waals surface area contributed by atoms with Crippen LogP contribution < -0.4 is 5.32 Å². The van der Waals surface area contributed by atoms with E-state index in [9.17, 15) is 0 Å². The highest BCUT2D eigenvalue weighted by atomic mass is 79.9. The molecule has 0 heterocycles. The van der Waals surface area contributed by atoms with Crippen LogP contribution in [0.1, 0.15) is 19.8 Å². The van der Waals surface area contributed by atoms with Crippen LogP contribution in [0.4, 0.5) is 5.69 Å². The van der Waals surface area contributed by atoms with Crippen LogP contribution in [0.3, 0.4) is 0 Å². The molecule has 0 atom stereocenters. The van der Waals surface area contributed by atoms with Gasteiger partial charge in [0.05, 0.1) is 5.69 Å². The van der Waals surface area contributed by atoms with Crippen LogP contribution in [0.5, 0.6) is 0 Å². The smallest absolute Gasteiger partial charge is 0.0628 e. The van der Waals surface area contributed by atoms with E-state index in [1.54, 1.807) is 0 Å². The SMILES string of the molecule is CCCCNc1c(Br)cccc1Br. The van der Waals surface area contributed by atoms with Crippen molar-refractivity contribution in [3.05, 3.63) is 27.1 Å². The molecule has 0 amide bonds. The quantitative estimate of drug-likeness (QED) is 0.812. The molecule has 0 bridgehead atoms. The Labute approximate surface area is 96.2 Å². The van der Waals surface area contributed by atoms with Gasteiger partial charge in [0.15, 0.2) is 0 Å². The summed E-state index contributed by atoms with van der Waals surface area (Å²) in [6.45, 7) is 3.22. The van der Waals surface area contributed by atoms with Gasteiger partial charge < -0.3 is 5.32 Å². The summed E-state index contributed by atoms with van der Waals surface area (Å²) in [6.07, 6.45) is 2.42. The highest BCUT2D eigenvalue weighted by Gasteiger charge is 2.02. The summed E-state index contributed by atoms with van der Waals surface area (Å²) < 4.78 is 2.22. The molecular weight excluding hydrogens is 294 g/mol. The van der Waals surface area contributed by atoms with Gasteiger partial charge in [0.1, 0.15) is 0 Å². The molecule has 13 heavy (non-hydrogen) atoms. The Morgan fingerprint density at radius 3 is 2.38 bits per heavy atom. The van der Waals surface area contributed by atoms with Crippen molar-refractivity contribution >= 4 is 37.5 Å². The van der Waals surface area contributed by atoms with E-state index in [0.29, 0.717) is 0 Å². The second-order valence-electron chi connectivity index (χ2n) is 2.88. The first-order chi connectivity index (χ1) is 6.25. The van der Waals surface area contributed by atoms with Gasteiger partial charge in [-0.25, -0.2) is 0 Å². The minimum atomic E-state index is 1.03. The van der Waals surface area contributed by atoms with Crippen LogP contribution >= 0.6 is 31.9 Å². The molecule has 3 heteroatoms. The fourth-order valence-corrected chi connectivity index (χ4v) is 2.34. The summed E-state index contributed by atoms with van der Waals surface area (Å²) in [7, 11) is 0. The molecule has 1 nitrogen and oxygen atoms in total. The molecule has 0 spiro atoms. The molecule has 1 aromatic rings. The average Bonchev–Trinajstić information content (AvgIpc) is 2.10. The summed E-state index contributed by atoms with van der Waals surface area (Å²) in [5.41, 5.74) is 1.15. The van der Waals surface area contributed by atoms with E-state index in [0.717, 1.165) is 21.2 Å². The summed E-state index contributed by atoms with van der Waals surface area (Å²) in [4.78, 5) is 0. The van der Waals surface area contributed by atoms with Gasteiger partial charge in [0.25, 0.3) is 0 Å². The van der Waals surface area contributed by atoms with Crippen molar-refractivity contribution in [1.29, 1.82) is 0 Å². The van der Waals surface area contributed by atoms with Crippen molar-refractivity contribution < 1.29 is 0 Å². The number of para-hydroxylation sites is 1. The molecule has 0 aliphatic rings. The van der Waals surface area contributed by atoms with Gasteiger partial charge >= 0.3 is 0 Å². The number of nitrogens with one attached hydrogen (secondary N) is 1. The minimum Gasteiger partial charge on any atom is -0.383 e. The molecule has 0 unspecified atom stereocenters. The summed E-state index contributed by atoms with van der Waals surface area (Å²) in [6, 6.07) is 6.09. The number of benzene rings is 1. The highest BCUT2D eigenvalue weighted by Crippen LogP contribution is 2.30. The Kier molecular flexibility index (Phi) is 4.81. The molecule has 0 aromatic heterocycles. The monoisotopic (exact) mass is 305 g/mol. The molecule has 0 saturated heterocycles. The zero-order valence-corrected chi connectivity index (χ0v) is 10.8. The van der Waals surface area contributed by atoms with Crippen LogP contribution in [0, 0.1) is 0 Å². The lowest BCUT2D eigenvalue weighted by Crippen LogP contribution is -2.01. The van der Waals surface area contributed by atoms with Gasteiger partial charge in [-0.2, -0.15) is 0 Å². The second kappa shape index (κ2) is 5.66. The van der Waals surface area contributed by atoms with Crippen molar-refractivity contribution in [2.24, 2.45) is 0 Å². The largest absolute Gasteiger partial charge is 0.383 e. The number of anilines is 1. The van der Waals surface area contributed by atoms with E-state index in [-0.39, 0.29) is 0 Å². The zero-order chi connectivity index (χ0) is 9.68. The van der Waals surface area contributed by atoms with Crippen LogP contribution in [0.15, 0.2) is 27.1 Å². The lowest BCUT2D eigenvalue weighted by atomic mass is 10.3. The summed E-state index contributed by atoms with van der Waals surface area (Å²) >= 11 is 7.01. The number of halogens is 2. The van der Waals surface area contributed by atoms with Gasteiger partial charge in [-0.05, 0) is 50.4 Å². The maximum absolute atomic E-state index is 3.51. The lowest BCUT2D eigenvalue weighted by Gasteiger charge is -2.09. The zero-order valence-electron chi connectivity index (χ0n) is 7.61. The van der Waals surface area contributed by atoms with Gasteiger partial charge in [0, 0.05) is 15.5 Å². The van der Waals surface area contributed by atoms with E-state index in [4.69, 9.17) is 0 Å². The maximum Gasteiger partial charge on any atom is 0.0628 e. The Morgan fingerprint density at radius 1 is 1.23 bits per heavy atom. The predicted molar refractivity (Wildman–Crippen MR) is 65.2 cm³/mol. The molecule has 0 saturated carbocycles. The average molecular weight is 307 g/mol. The molecule has 1 rings (SSSR count). The lowest BCUT2D eigenvalue weighted by molar-refractivity contribution is 0.833. The van der Waals surface area contributed by atoms with Gasteiger partial charge in [-0.15, -0.1) is 0 Å². The Morgan fingerprint density at radius 2 is 1.85 bits per heavy atom. The highest BCUT2D eigenvalue weighted by molar-refractivity contribution is 9.11. The van der Waals surface area contributed by atoms with E-state index in [2.05, 4.69) is 44.1 Å². The van der Waals surface area contributed by atoms with Crippen molar-refractivity contribution in [3.8, 4) is 0 Å². The second-order valence-corrected chi connectivity index (χ2v) is 4.59. The van der Waals surface area contributed by atoms with Gasteiger partial charge in [0.2, 0.25) is 0 Å². The molecule has 0 aliphatic carbocycles. The molecule has 1 N–H and O–H groups in total. The number of hydrogen-bond acceptors (Lipinski definition) is 1. The van der Waals surface area contributed by atoms with Crippen molar-refractivity contribution in [2.75, 3.05) is 11.9 Å². The Hall–Kier alpha value is -0.0200. The number of rotatable bonds is 4. The Bertz CT molecular complexity index is 253.